The molecule has 10 nitrogen and oxygen atoms in total. The number of aliphatic hydroxyl groups is 2. The van der Waals surface area contributed by atoms with Crippen LogP contribution in [-0.2, 0) is 20.8 Å². The van der Waals surface area contributed by atoms with Gasteiger partial charge >= 0.3 is 0 Å². The van der Waals surface area contributed by atoms with Crippen LogP contribution in [0.5, 0.6) is 23.0 Å². The monoisotopic (exact) mass is 766 g/mol. The highest BCUT2D eigenvalue weighted by Crippen LogP contribution is 2.62. The van der Waals surface area contributed by atoms with Crippen molar-refractivity contribution in [3.05, 3.63) is 107 Å². The first-order valence-corrected chi connectivity index (χ1v) is 19.9. The SMILES string of the molecule is C=CCO[C@@]12Oc3ccc(Oc4ccc(C)c(C)c4)cc3[C@H]3[C@H](CCCCO)[C@@H](CCCCO)C=C(C(=NOC)C[C@@H]1N(C)C(=O)Cc1cccc(OC)c1)[C@H]32. The highest BCUT2D eigenvalue weighted by molar-refractivity contribution is 6.03. The fraction of sp³-hybridized carbons (Fsp3) is 0.478. The Hall–Kier alpha value is -4.64. The molecule has 1 heterocycles. The number of hydrogen-bond donors (Lipinski definition) is 2. The number of carbonyl (C=O) groups is 1. The van der Waals surface area contributed by atoms with Crippen LogP contribution in [0.2, 0.25) is 0 Å². The van der Waals surface area contributed by atoms with Gasteiger partial charge in [-0.2, -0.15) is 0 Å². The average molecular weight is 767 g/mol. The number of nitrogens with zero attached hydrogens (tertiary/aromatic N) is 2. The van der Waals surface area contributed by atoms with Crippen molar-refractivity contribution in [3.8, 4) is 23.0 Å². The predicted molar refractivity (Wildman–Crippen MR) is 217 cm³/mol. The molecule has 1 saturated carbocycles. The smallest absolute Gasteiger partial charge is 0.239 e. The van der Waals surface area contributed by atoms with Crippen molar-refractivity contribution in [2.45, 2.75) is 83.0 Å². The van der Waals surface area contributed by atoms with E-state index in [1.54, 1.807) is 25.2 Å². The molecular formula is C46H58N2O8. The summed E-state index contributed by atoms with van der Waals surface area (Å²) in [6, 6.07) is 19.1. The average Bonchev–Trinajstić information content (AvgIpc) is 3.20. The van der Waals surface area contributed by atoms with Crippen LogP contribution in [0.1, 0.15) is 73.1 Å². The zero-order valence-corrected chi connectivity index (χ0v) is 33.5. The molecule has 0 unspecified atom stereocenters. The van der Waals surface area contributed by atoms with Gasteiger partial charge in [-0.15, -0.1) is 6.58 Å². The number of benzene rings is 3. The second-order valence-corrected chi connectivity index (χ2v) is 15.3. The number of fused-ring (bicyclic) bond motifs is 2. The molecule has 10 heteroatoms. The van der Waals surface area contributed by atoms with E-state index < -0.39 is 11.8 Å². The molecule has 0 aromatic heterocycles. The van der Waals surface area contributed by atoms with Gasteiger partial charge in [0.25, 0.3) is 0 Å². The van der Waals surface area contributed by atoms with Crippen LogP contribution in [0.4, 0.5) is 0 Å². The van der Waals surface area contributed by atoms with E-state index in [1.807, 2.05) is 55.6 Å². The molecule has 1 aliphatic heterocycles. The minimum absolute atomic E-state index is 0.103. The normalized spacial score (nSPS) is 24.3. The maximum Gasteiger partial charge on any atom is 0.239 e. The van der Waals surface area contributed by atoms with Gasteiger partial charge in [0, 0.05) is 38.2 Å². The van der Waals surface area contributed by atoms with Gasteiger partial charge in [-0.25, -0.2) is 0 Å². The predicted octanol–water partition coefficient (Wildman–Crippen LogP) is 8.07. The first kappa shape index (κ1) is 41.0. The quantitative estimate of drug-likeness (QED) is 0.0759. The lowest BCUT2D eigenvalue weighted by Gasteiger charge is -2.59. The number of oxime groups is 1. The number of likely N-dealkylation sites (N-methyl/N-ethyl adjacent to an activating group) is 1. The number of aliphatic hydroxyl groups excluding tert-OH is 2. The van der Waals surface area contributed by atoms with E-state index in [-0.39, 0.29) is 55.8 Å². The topological polar surface area (TPSA) is 119 Å². The third-order valence-corrected chi connectivity index (χ3v) is 11.9. The summed E-state index contributed by atoms with van der Waals surface area (Å²) in [5, 5.41) is 24.3. The van der Waals surface area contributed by atoms with Crippen molar-refractivity contribution < 1.29 is 38.8 Å². The minimum Gasteiger partial charge on any atom is -0.497 e. The van der Waals surface area contributed by atoms with Crippen molar-refractivity contribution in [2.24, 2.45) is 22.9 Å². The largest absolute Gasteiger partial charge is 0.497 e. The molecule has 300 valence electrons. The van der Waals surface area contributed by atoms with E-state index >= 15 is 0 Å². The van der Waals surface area contributed by atoms with Gasteiger partial charge in [0.1, 0.15) is 36.1 Å². The highest BCUT2D eigenvalue weighted by Gasteiger charge is 2.65. The number of carbonyl (C=O) groups excluding carboxylic acids is 1. The van der Waals surface area contributed by atoms with E-state index in [1.165, 1.54) is 5.56 Å². The van der Waals surface area contributed by atoms with Crippen molar-refractivity contribution in [2.75, 3.05) is 41.1 Å². The Morgan fingerprint density at radius 3 is 2.43 bits per heavy atom. The molecular weight excluding hydrogens is 709 g/mol. The van der Waals surface area contributed by atoms with Crippen molar-refractivity contribution >= 4 is 11.6 Å². The Kier molecular flexibility index (Phi) is 13.6. The molecule has 2 N–H and O–H groups in total. The maximum absolute atomic E-state index is 14.4. The van der Waals surface area contributed by atoms with E-state index in [4.69, 9.17) is 23.8 Å². The molecule has 3 aromatic carbocycles. The first-order valence-electron chi connectivity index (χ1n) is 19.9. The second kappa shape index (κ2) is 18.5. The summed E-state index contributed by atoms with van der Waals surface area (Å²) < 4.78 is 26.2. The van der Waals surface area contributed by atoms with Gasteiger partial charge in [0.05, 0.1) is 31.8 Å². The van der Waals surface area contributed by atoms with E-state index in [2.05, 4.69) is 43.8 Å². The number of ether oxygens (including phenoxy) is 4. The number of amides is 1. The summed E-state index contributed by atoms with van der Waals surface area (Å²) in [5.41, 5.74) is 5.92. The highest BCUT2D eigenvalue weighted by atomic mass is 16.7. The van der Waals surface area contributed by atoms with E-state index in [9.17, 15) is 15.0 Å². The Morgan fingerprint density at radius 2 is 1.71 bits per heavy atom. The zero-order chi connectivity index (χ0) is 39.8. The van der Waals surface area contributed by atoms with E-state index in [0.717, 1.165) is 59.4 Å². The number of allylic oxidation sites excluding steroid dienone is 1. The summed E-state index contributed by atoms with van der Waals surface area (Å²) >= 11 is 0. The lowest BCUT2D eigenvalue weighted by Crippen LogP contribution is -2.69. The molecule has 3 aliphatic rings. The molecule has 2 aliphatic carbocycles. The van der Waals surface area contributed by atoms with Gasteiger partial charge in [-0.3, -0.25) is 4.79 Å². The molecule has 0 radical (unpaired) electrons. The fourth-order valence-corrected chi connectivity index (χ4v) is 9.07. The summed E-state index contributed by atoms with van der Waals surface area (Å²) in [7, 11) is 4.98. The van der Waals surface area contributed by atoms with Gasteiger partial charge in [-0.05, 0) is 116 Å². The van der Waals surface area contributed by atoms with Gasteiger partial charge in [0.2, 0.25) is 11.7 Å². The van der Waals surface area contributed by atoms with Crippen molar-refractivity contribution in [1.82, 2.24) is 4.90 Å². The third kappa shape index (κ3) is 8.53. The van der Waals surface area contributed by atoms with Crippen molar-refractivity contribution in [1.29, 1.82) is 0 Å². The molecule has 6 rings (SSSR count). The molecule has 0 saturated heterocycles. The van der Waals surface area contributed by atoms with Crippen LogP contribution in [0.3, 0.4) is 0 Å². The zero-order valence-electron chi connectivity index (χ0n) is 33.5. The fourth-order valence-electron chi connectivity index (χ4n) is 9.07. The van der Waals surface area contributed by atoms with E-state index in [0.29, 0.717) is 36.5 Å². The molecule has 6 atom stereocenters. The van der Waals surface area contributed by atoms with Gasteiger partial charge in [0.15, 0.2) is 0 Å². The molecule has 1 amide bonds. The van der Waals surface area contributed by atoms with Crippen LogP contribution < -0.4 is 14.2 Å². The van der Waals surface area contributed by atoms with Crippen LogP contribution >= 0.6 is 0 Å². The number of unbranched alkanes of at least 4 members (excludes halogenated alkanes) is 2. The van der Waals surface area contributed by atoms with Crippen LogP contribution in [-0.4, -0.2) is 79.6 Å². The Balaban J connectivity index is 1.52. The van der Waals surface area contributed by atoms with Gasteiger partial charge in [-0.1, -0.05) is 48.3 Å². The third-order valence-electron chi connectivity index (χ3n) is 11.9. The van der Waals surface area contributed by atoms with Crippen LogP contribution in [0.15, 0.2) is 90.1 Å². The summed E-state index contributed by atoms with van der Waals surface area (Å²) in [6.45, 7) is 8.61. The second-order valence-electron chi connectivity index (χ2n) is 15.3. The van der Waals surface area contributed by atoms with Gasteiger partial charge < -0.3 is 38.9 Å². The summed E-state index contributed by atoms with van der Waals surface area (Å²) in [4.78, 5) is 21.7. The molecule has 56 heavy (non-hydrogen) atoms. The molecule has 3 aromatic rings. The number of methoxy groups -OCH3 is 1. The van der Waals surface area contributed by atoms with Crippen LogP contribution in [0.25, 0.3) is 0 Å². The maximum atomic E-state index is 14.4. The van der Waals surface area contributed by atoms with Crippen molar-refractivity contribution in [3.63, 3.8) is 0 Å². The number of rotatable bonds is 18. The van der Waals surface area contributed by atoms with Crippen LogP contribution in [0, 0.1) is 31.6 Å². The Morgan fingerprint density at radius 1 is 0.964 bits per heavy atom. The summed E-state index contributed by atoms with van der Waals surface area (Å²) in [5.74, 6) is 1.11. The number of aryl methyl sites for hydroxylation is 2. The summed E-state index contributed by atoms with van der Waals surface area (Å²) in [6.07, 6.45) is 9.35. The number of hydrogen-bond acceptors (Lipinski definition) is 9. The lowest BCUT2D eigenvalue weighted by molar-refractivity contribution is -0.255. The standard InChI is InChI=1S/C46H58N2O8/c1-7-23-54-46-42(48(4)43(51)26-32-13-12-15-34(25-32)52-5)29-40(47-53-6)38-27-33(14-8-10-21-49)37(16-9-11-22-50)44(45(38)46)39-28-36(19-20-41(39)56-46)55-35-18-17-30(2)31(3)24-35/h7,12-13,15,17-20,24-25,27-28,33,37,42,44-45,49-50H,1,8-11,14,16,21-23,26,29H2,2-6H3/t33-,37+,42-,44+,45+,46+/m0/s1. The minimum atomic E-state index is -1.31. The lowest BCUT2D eigenvalue weighted by atomic mass is 9.55. The first-order chi connectivity index (χ1) is 27.2. The molecule has 0 spiro atoms. The molecule has 0 bridgehead atoms. The Labute approximate surface area is 331 Å². The molecule has 1 fully saturated rings. The Bertz CT molecular complexity index is 1910.